The molecule has 0 spiro atoms. The molecular formula is C11H11F3OS. The number of benzene rings is 1. The molecule has 0 saturated carbocycles. The van der Waals surface area contributed by atoms with Crippen LogP contribution >= 0.6 is 11.8 Å². The van der Waals surface area contributed by atoms with Gasteiger partial charge in [0.05, 0.1) is 0 Å². The molecule has 1 rings (SSSR count). The third kappa shape index (κ3) is 3.89. The zero-order chi connectivity index (χ0) is 12.2. The molecule has 0 saturated heterocycles. The summed E-state index contributed by atoms with van der Waals surface area (Å²) < 4.78 is 37.0. The molecule has 88 valence electrons. The van der Waals surface area contributed by atoms with Crippen LogP contribution in [-0.4, -0.2) is 11.8 Å². The van der Waals surface area contributed by atoms with Crippen LogP contribution < -0.4 is 0 Å². The monoisotopic (exact) mass is 248 g/mol. The number of alkyl halides is 3. The molecule has 0 atom stereocenters. The zero-order valence-electron chi connectivity index (χ0n) is 8.67. The van der Waals surface area contributed by atoms with Crippen LogP contribution in [0.4, 0.5) is 13.2 Å². The van der Waals surface area contributed by atoms with Crippen molar-refractivity contribution in [3.8, 4) is 0 Å². The van der Waals surface area contributed by atoms with Crippen LogP contribution in [-0.2, 0) is 11.2 Å². The molecule has 0 aromatic heterocycles. The number of halogens is 3. The Labute approximate surface area is 96.0 Å². The van der Waals surface area contributed by atoms with Gasteiger partial charge in [0.15, 0.2) is 0 Å². The molecule has 5 heteroatoms. The third-order valence-electron chi connectivity index (χ3n) is 2.04. The van der Waals surface area contributed by atoms with Gasteiger partial charge in [0.2, 0.25) is 0 Å². The van der Waals surface area contributed by atoms with Gasteiger partial charge in [0.25, 0.3) is 0 Å². The average molecular weight is 248 g/mol. The summed E-state index contributed by atoms with van der Waals surface area (Å²) in [7, 11) is 0. The number of aryl methyl sites for hydroxylation is 2. The second kappa shape index (κ2) is 5.39. The summed E-state index contributed by atoms with van der Waals surface area (Å²) in [6.07, 6.45) is 1.31. The molecule has 0 aliphatic carbocycles. The molecule has 16 heavy (non-hydrogen) atoms. The maximum Gasteiger partial charge on any atom is 0.446 e. The fraction of sp³-hybridized carbons (Fsp3) is 0.364. The molecule has 0 heterocycles. The average Bonchev–Trinajstić information content (AvgIpc) is 2.17. The van der Waals surface area contributed by atoms with Gasteiger partial charge in [-0.2, -0.15) is 13.2 Å². The first kappa shape index (κ1) is 13.1. The van der Waals surface area contributed by atoms with Crippen LogP contribution in [0.15, 0.2) is 23.1 Å². The van der Waals surface area contributed by atoms with Crippen molar-refractivity contribution in [1.82, 2.24) is 0 Å². The summed E-state index contributed by atoms with van der Waals surface area (Å²) in [5, 5.41) is 0. The molecule has 0 radical (unpaired) electrons. The maximum absolute atomic E-state index is 12.3. The Bertz CT molecular complexity index is 374. The van der Waals surface area contributed by atoms with Crippen LogP contribution in [0, 0.1) is 6.92 Å². The number of rotatable bonds is 4. The van der Waals surface area contributed by atoms with E-state index in [1.165, 1.54) is 0 Å². The summed E-state index contributed by atoms with van der Waals surface area (Å²) in [6, 6.07) is 4.97. The van der Waals surface area contributed by atoms with E-state index in [4.69, 9.17) is 0 Å². The molecule has 1 aromatic carbocycles. The topological polar surface area (TPSA) is 17.1 Å². The lowest BCUT2D eigenvalue weighted by Crippen LogP contribution is -2.03. The van der Waals surface area contributed by atoms with E-state index < -0.39 is 5.51 Å². The molecule has 0 amide bonds. The molecule has 0 bridgehead atoms. The Morgan fingerprint density at radius 1 is 1.38 bits per heavy atom. The largest absolute Gasteiger partial charge is 0.446 e. The lowest BCUT2D eigenvalue weighted by Gasteiger charge is -2.12. The molecule has 0 fully saturated rings. The summed E-state index contributed by atoms with van der Waals surface area (Å²) in [6.45, 7) is 1.64. The first-order valence-corrected chi connectivity index (χ1v) is 5.53. The van der Waals surface area contributed by atoms with E-state index in [2.05, 4.69) is 0 Å². The van der Waals surface area contributed by atoms with E-state index in [9.17, 15) is 18.0 Å². The van der Waals surface area contributed by atoms with Crippen molar-refractivity contribution in [2.24, 2.45) is 0 Å². The minimum Gasteiger partial charge on any atom is -0.303 e. The molecular weight excluding hydrogens is 237 g/mol. The highest BCUT2D eigenvalue weighted by molar-refractivity contribution is 8.00. The van der Waals surface area contributed by atoms with Gasteiger partial charge in [-0.1, -0.05) is 18.2 Å². The quantitative estimate of drug-likeness (QED) is 0.596. The Kier molecular flexibility index (Phi) is 4.41. The van der Waals surface area contributed by atoms with Crippen LogP contribution in [0.1, 0.15) is 17.5 Å². The normalized spacial score (nSPS) is 11.5. The van der Waals surface area contributed by atoms with E-state index in [1.54, 1.807) is 25.1 Å². The first-order valence-electron chi connectivity index (χ1n) is 4.72. The third-order valence-corrected chi connectivity index (χ3v) is 3.06. The Morgan fingerprint density at radius 3 is 2.62 bits per heavy atom. The van der Waals surface area contributed by atoms with E-state index in [-0.39, 0.29) is 23.1 Å². The summed E-state index contributed by atoms with van der Waals surface area (Å²) in [4.78, 5) is 10.4. The minimum absolute atomic E-state index is 0.112. The number of carbonyl (C=O) groups is 1. The molecule has 1 nitrogen and oxygen atoms in total. The van der Waals surface area contributed by atoms with Gasteiger partial charge in [-0.25, -0.2) is 0 Å². The minimum atomic E-state index is -4.29. The number of hydrogen-bond donors (Lipinski definition) is 0. The highest BCUT2D eigenvalue weighted by Gasteiger charge is 2.30. The van der Waals surface area contributed by atoms with Crippen LogP contribution in [0.2, 0.25) is 0 Å². The van der Waals surface area contributed by atoms with Crippen molar-refractivity contribution in [2.45, 2.75) is 30.2 Å². The zero-order valence-corrected chi connectivity index (χ0v) is 9.49. The van der Waals surface area contributed by atoms with Gasteiger partial charge in [0.1, 0.15) is 6.29 Å². The Morgan fingerprint density at radius 2 is 2.06 bits per heavy atom. The second-order valence-corrected chi connectivity index (χ2v) is 4.39. The van der Waals surface area contributed by atoms with Gasteiger partial charge in [-0.3, -0.25) is 0 Å². The first-order chi connectivity index (χ1) is 7.44. The fourth-order valence-electron chi connectivity index (χ4n) is 1.39. The van der Waals surface area contributed by atoms with Crippen molar-refractivity contribution >= 4 is 18.0 Å². The Balaban J connectivity index is 2.98. The van der Waals surface area contributed by atoms with Crippen molar-refractivity contribution in [1.29, 1.82) is 0 Å². The summed E-state index contributed by atoms with van der Waals surface area (Å²) in [5.74, 6) is 0. The highest BCUT2D eigenvalue weighted by Crippen LogP contribution is 2.40. The second-order valence-electron chi connectivity index (χ2n) is 3.32. The Hall–Kier alpha value is -0.970. The van der Waals surface area contributed by atoms with Crippen molar-refractivity contribution in [3.05, 3.63) is 29.3 Å². The van der Waals surface area contributed by atoms with E-state index in [0.717, 1.165) is 0 Å². The smallest absolute Gasteiger partial charge is 0.303 e. The van der Waals surface area contributed by atoms with E-state index >= 15 is 0 Å². The number of carbonyl (C=O) groups excluding carboxylic acids is 1. The van der Waals surface area contributed by atoms with Crippen LogP contribution in [0.5, 0.6) is 0 Å². The SMILES string of the molecule is Cc1cccc(CCC=O)c1SC(F)(F)F. The van der Waals surface area contributed by atoms with Crippen LogP contribution in [0.25, 0.3) is 0 Å². The molecule has 0 unspecified atom stereocenters. The number of thioether (sulfide) groups is 1. The number of hydrogen-bond acceptors (Lipinski definition) is 2. The van der Waals surface area contributed by atoms with Crippen molar-refractivity contribution in [2.75, 3.05) is 0 Å². The van der Waals surface area contributed by atoms with Gasteiger partial charge >= 0.3 is 5.51 Å². The molecule has 0 N–H and O–H groups in total. The van der Waals surface area contributed by atoms with Crippen molar-refractivity contribution in [3.63, 3.8) is 0 Å². The predicted octanol–water partition coefficient (Wildman–Crippen LogP) is 3.74. The van der Waals surface area contributed by atoms with E-state index in [1.807, 2.05) is 0 Å². The fourth-order valence-corrected chi connectivity index (χ4v) is 2.15. The van der Waals surface area contributed by atoms with Gasteiger partial charge in [-0.05, 0) is 36.2 Å². The van der Waals surface area contributed by atoms with Gasteiger partial charge in [-0.15, -0.1) is 0 Å². The lowest BCUT2D eigenvalue weighted by atomic mass is 10.1. The number of aldehydes is 1. The molecule has 0 aliphatic heterocycles. The van der Waals surface area contributed by atoms with E-state index in [0.29, 0.717) is 23.8 Å². The van der Waals surface area contributed by atoms with Crippen molar-refractivity contribution < 1.29 is 18.0 Å². The standard InChI is InChI=1S/C11H11F3OS/c1-8-4-2-5-9(6-3-7-15)10(8)16-11(12,13)14/h2,4-5,7H,3,6H2,1H3. The summed E-state index contributed by atoms with van der Waals surface area (Å²) >= 11 is -0.112. The lowest BCUT2D eigenvalue weighted by molar-refractivity contribution is -0.107. The highest BCUT2D eigenvalue weighted by atomic mass is 32.2. The molecule has 1 aromatic rings. The summed E-state index contributed by atoms with van der Waals surface area (Å²) in [5.41, 5.74) is -3.12. The van der Waals surface area contributed by atoms with Crippen LogP contribution in [0.3, 0.4) is 0 Å². The van der Waals surface area contributed by atoms with Gasteiger partial charge < -0.3 is 4.79 Å². The molecule has 0 aliphatic rings. The van der Waals surface area contributed by atoms with Gasteiger partial charge in [0, 0.05) is 11.3 Å². The maximum atomic E-state index is 12.3. The predicted molar refractivity (Wildman–Crippen MR) is 57.5 cm³/mol.